The third-order valence-electron chi connectivity index (χ3n) is 3.63. The number of halogens is 2. The van der Waals surface area contributed by atoms with Crippen LogP contribution < -0.4 is 5.32 Å². The van der Waals surface area contributed by atoms with Crippen LogP contribution >= 0.6 is 23.2 Å². The lowest BCUT2D eigenvalue weighted by Crippen LogP contribution is -2.14. The van der Waals surface area contributed by atoms with Crippen LogP contribution in [0.3, 0.4) is 0 Å². The van der Waals surface area contributed by atoms with Gasteiger partial charge in [-0.2, -0.15) is 0 Å². The van der Waals surface area contributed by atoms with E-state index in [2.05, 4.69) is 10.5 Å². The number of nitrogens with one attached hydrogen (secondary N) is 1. The normalized spacial score (nSPS) is 10.6. The molecule has 0 aliphatic rings. The molecule has 0 aliphatic heterocycles. The van der Waals surface area contributed by atoms with Crippen molar-refractivity contribution in [2.24, 2.45) is 0 Å². The molecule has 9 heteroatoms. The summed E-state index contributed by atoms with van der Waals surface area (Å²) in [5, 5.41) is 17.8. The maximum absolute atomic E-state index is 12.7. The second-order valence-corrected chi connectivity index (χ2v) is 6.13. The molecule has 26 heavy (non-hydrogen) atoms. The molecule has 2 aromatic carbocycles. The van der Waals surface area contributed by atoms with Crippen molar-refractivity contribution in [1.29, 1.82) is 0 Å². The first-order valence-corrected chi connectivity index (χ1v) is 8.10. The number of aromatic nitrogens is 1. The Labute approximate surface area is 157 Å². The summed E-state index contributed by atoms with van der Waals surface area (Å²) >= 11 is 12.2. The summed E-state index contributed by atoms with van der Waals surface area (Å²) in [6, 6.07) is 10.7. The van der Waals surface area contributed by atoms with Gasteiger partial charge in [-0.05, 0) is 19.1 Å². The van der Waals surface area contributed by atoms with Crippen LogP contribution in [0.25, 0.3) is 11.3 Å². The number of rotatable bonds is 4. The highest BCUT2D eigenvalue weighted by molar-refractivity contribution is 6.34. The van der Waals surface area contributed by atoms with E-state index in [0.29, 0.717) is 22.0 Å². The molecule has 132 valence electrons. The van der Waals surface area contributed by atoms with E-state index in [4.69, 9.17) is 27.7 Å². The van der Waals surface area contributed by atoms with Crippen molar-refractivity contribution in [2.45, 2.75) is 6.92 Å². The molecule has 0 unspecified atom stereocenters. The summed E-state index contributed by atoms with van der Waals surface area (Å²) in [7, 11) is 0. The number of nitrogens with zero attached hydrogens (tertiary/aromatic N) is 2. The van der Waals surface area contributed by atoms with E-state index in [9.17, 15) is 14.9 Å². The fraction of sp³-hybridized carbons (Fsp3) is 0.0588. The molecular weight excluding hydrogens is 381 g/mol. The van der Waals surface area contributed by atoms with Gasteiger partial charge in [0.2, 0.25) is 0 Å². The number of nitro benzene ring substituents is 1. The minimum atomic E-state index is -0.572. The third kappa shape index (κ3) is 3.40. The van der Waals surface area contributed by atoms with Gasteiger partial charge in [0.15, 0.2) is 0 Å². The number of nitro groups is 1. The van der Waals surface area contributed by atoms with Crippen molar-refractivity contribution < 1.29 is 14.2 Å². The first kappa shape index (κ1) is 17.9. The first-order chi connectivity index (χ1) is 12.4. The Morgan fingerprint density at radius 2 is 1.92 bits per heavy atom. The molecule has 0 atom stereocenters. The number of benzene rings is 2. The smallest absolute Gasteiger partial charge is 0.271 e. The Kier molecular flexibility index (Phi) is 4.92. The van der Waals surface area contributed by atoms with Gasteiger partial charge in [-0.15, -0.1) is 0 Å². The van der Waals surface area contributed by atoms with E-state index in [-0.39, 0.29) is 22.0 Å². The van der Waals surface area contributed by atoms with E-state index in [0.717, 1.165) is 6.07 Å². The molecule has 3 aromatic rings. The van der Waals surface area contributed by atoms with Crippen LogP contribution in [0.4, 0.5) is 11.4 Å². The Balaban J connectivity index is 1.96. The van der Waals surface area contributed by atoms with Gasteiger partial charge in [-0.3, -0.25) is 14.9 Å². The Morgan fingerprint density at radius 3 is 2.58 bits per heavy atom. The van der Waals surface area contributed by atoms with Crippen molar-refractivity contribution in [3.63, 3.8) is 0 Å². The average molecular weight is 392 g/mol. The zero-order valence-electron chi connectivity index (χ0n) is 13.3. The number of amides is 1. The molecule has 1 amide bonds. The molecule has 0 spiro atoms. The standard InChI is InChI=1S/C17H11Cl2N3O4/c1-9-15(16(21-26-9)11-4-2-3-5-12(11)18)17(23)20-14-7-6-10(22(24)25)8-13(14)19/h2-8H,1H3,(H,20,23). The molecule has 0 saturated heterocycles. The van der Waals surface area contributed by atoms with Crippen LogP contribution in [0.5, 0.6) is 0 Å². The van der Waals surface area contributed by atoms with Gasteiger partial charge in [0.25, 0.3) is 11.6 Å². The SMILES string of the molecule is Cc1onc(-c2ccccc2Cl)c1C(=O)Nc1ccc([N+](=O)[O-])cc1Cl. The van der Waals surface area contributed by atoms with Gasteiger partial charge in [0.1, 0.15) is 17.0 Å². The Hall–Kier alpha value is -2.90. The molecule has 0 bridgehead atoms. The Morgan fingerprint density at radius 1 is 1.19 bits per heavy atom. The number of aryl methyl sites for hydroxylation is 1. The molecule has 0 radical (unpaired) electrons. The van der Waals surface area contributed by atoms with E-state index < -0.39 is 10.8 Å². The largest absolute Gasteiger partial charge is 0.360 e. The molecule has 3 rings (SSSR count). The number of hydrogen-bond donors (Lipinski definition) is 1. The molecular formula is C17H11Cl2N3O4. The lowest BCUT2D eigenvalue weighted by atomic mass is 10.1. The van der Waals surface area contributed by atoms with Gasteiger partial charge in [-0.25, -0.2) is 0 Å². The summed E-state index contributed by atoms with van der Waals surface area (Å²) in [5.74, 6) is -0.218. The topological polar surface area (TPSA) is 98.3 Å². The van der Waals surface area contributed by atoms with Crippen LogP contribution in [-0.2, 0) is 0 Å². The molecule has 1 heterocycles. The van der Waals surface area contributed by atoms with E-state index in [1.807, 2.05) is 0 Å². The van der Waals surface area contributed by atoms with Gasteiger partial charge in [0, 0.05) is 17.7 Å². The van der Waals surface area contributed by atoms with Crippen molar-refractivity contribution in [1.82, 2.24) is 5.16 Å². The van der Waals surface area contributed by atoms with E-state index in [1.54, 1.807) is 31.2 Å². The molecule has 0 aliphatic carbocycles. The lowest BCUT2D eigenvalue weighted by molar-refractivity contribution is -0.384. The van der Waals surface area contributed by atoms with Crippen molar-refractivity contribution >= 4 is 40.5 Å². The predicted molar refractivity (Wildman–Crippen MR) is 97.7 cm³/mol. The number of carbonyl (C=O) groups is 1. The van der Waals surface area contributed by atoms with E-state index >= 15 is 0 Å². The predicted octanol–water partition coefficient (Wildman–Crippen LogP) is 5.12. The monoisotopic (exact) mass is 391 g/mol. The molecule has 0 saturated carbocycles. The molecule has 7 nitrogen and oxygen atoms in total. The zero-order valence-corrected chi connectivity index (χ0v) is 14.8. The van der Waals surface area contributed by atoms with Crippen molar-refractivity contribution in [2.75, 3.05) is 5.32 Å². The molecule has 1 N–H and O–H groups in total. The van der Waals surface area contributed by atoms with Crippen LogP contribution in [-0.4, -0.2) is 16.0 Å². The third-order valence-corrected chi connectivity index (χ3v) is 4.27. The minimum absolute atomic E-state index is 0.0425. The minimum Gasteiger partial charge on any atom is -0.360 e. The number of hydrogen-bond acceptors (Lipinski definition) is 5. The fourth-order valence-electron chi connectivity index (χ4n) is 2.38. The number of non-ortho nitro benzene ring substituents is 1. The lowest BCUT2D eigenvalue weighted by Gasteiger charge is -2.08. The van der Waals surface area contributed by atoms with Crippen molar-refractivity contribution in [3.8, 4) is 11.3 Å². The summed E-state index contributed by atoms with van der Waals surface area (Å²) in [6.07, 6.45) is 0. The highest BCUT2D eigenvalue weighted by Crippen LogP contribution is 2.32. The maximum atomic E-state index is 12.7. The second-order valence-electron chi connectivity index (χ2n) is 5.32. The van der Waals surface area contributed by atoms with Crippen LogP contribution in [0.2, 0.25) is 10.0 Å². The second kappa shape index (κ2) is 7.15. The number of anilines is 1. The summed E-state index contributed by atoms with van der Waals surface area (Å²) in [5.41, 5.74) is 1.10. The van der Waals surface area contributed by atoms with E-state index in [1.165, 1.54) is 12.1 Å². The molecule has 0 fully saturated rings. The molecule has 1 aromatic heterocycles. The van der Waals surface area contributed by atoms with Crippen LogP contribution in [0.15, 0.2) is 47.0 Å². The van der Waals surface area contributed by atoms with Gasteiger partial charge < -0.3 is 9.84 Å². The van der Waals surface area contributed by atoms with Gasteiger partial charge in [0.05, 0.1) is 20.7 Å². The average Bonchev–Trinajstić information content (AvgIpc) is 2.98. The van der Waals surface area contributed by atoms with Crippen molar-refractivity contribution in [3.05, 3.63) is 73.9 Å². The fourth-order valence-corrected chi connectivity index (χ4v) is 2.83. The quantitative estimate of drug-likeness (QED) is 0.491. The zero-order chi connectivity index (χ0) is 18.8. The summed E-state index contributed by atoms with van der Waals surface area (Å²) in [6.45, 7) is 1.60. The van der Waals surface area contributed by atoms with Crippen LogP contribution in [0, 0.1) is 17.0 Å². The Bertz CT molecular complexity index is 1020. The maximum Gasteiger partial charge on any atom is 0.271 e. The van der Waals surface area contributed by atoms with Gasteiger partial charge in [-0.1, -0.05) is 46.6 Å². The summed E-state index contributed by atoms with van der Waals surface area (Å²) in [4.78, 5) is 22.9. The van der Waals surface area contributed by atoms with Crippen LogP contribution in [0.1, 0.15) is 16.1 Å². The highest BCUT2D eigenvalue weighted by atomic mass is 35.5. The number of carbonyl (C=O) groups excluding carboxylic acids is 1. The first-order valence-electron chi connectivity index (χ1n) is 7.35. The van der Waals surface area contributed by atoms with Gasteiger partial charge >= 0.3 is 0 Å². The summed E-state index contributed by atoms with van der Waals surface area (Å²) < 4.78 is 5.15. The highest BCUT2D eigenvalue weighted by Gasteiger charge is 2.24.